The van der Waals surface area contributed by atoms with Crippen LogP contribution in [0.5, 0.6) is 0 Å². The lowest BCUT2D eigenvalue weighted by atomic mass is 9.65. The summed E-state index contributed by atoms with van der Waals surface area (Å²) in [5.74, 6) is 2.53. The van der Waals surface area contributed by atoms with Gasteiger partial charge in [0.25, 0.3) is 0 Å². The standard InChI is InChI=1S/C23H26N2S/c1-2-15-10-14-11-19-22-17(7-8-25(13-14)23(15)19)18-12-16(5-6-20(18)24-22)21-4-3-9-26-21/h3-6,9,12,14-15,19,23-24H,2,7-8,10-11,13H2,1H3. The van der Waals surface area contributed by atoms with Crippen molar-refractivity contribution in [2.75, 3.05) is 13.1 Å². The van der Waals surface area contributed by atoms with Gasteiger partial charge in [-0.25, -0.2) is 0 Å². The molecule has 2 nitrogen and oxygen atoms in total. The number of thiophene rings is 1. The summed E-state index contributed by atoms with van der Waals surface area (Å²) in [6.07, 6.45) is 5.41. The monoisotopic (exact) mass is 362 g/mol. The smallest absolute Gasteiger partial charge is 0.0459 e. The Kier molecular flexibility index (Phi) is 3.40. The van der Waals surface area contributed by atoms with Gasteiger partial charge in [0.05, 0.1) is 0 Å². The number of rotatable bonds is 2. The summed E-state index contributed by atoms with van der Waals surface area (Å²) in [5.41, 5.74) is 5.92. The van der Waals surface area contributed by atoms with Gasteiger partial charge in [0.1, 0.15) is 0 Å². The minimum Gasteiger partial charge on any atom is -0.358 e. The molecule has 0 radical (unpaired) electrons. The van der Waals surface area contributed by atoms with Gasteiger partial charge >= 0.3 is 0 Å². The van der Waals surface area contributed by atoms with Gasteiger partial charge in [-0.1, -0.05) is 25.5 Å². The van der Waals surface area contributed by atoms with Gasteiger partial charge in [0, 0.05) is 46.5 Å². The maximum Gasteiger partial charge on any atom is 0.0459 e. The number of aromatic amines is 1. The number of piperidine rings is 2. The molecule has 1 aromatic carbocycles. The Bertz CT molecular complexity index is 954. The minimum atomic E-state index is 0.725. The topological polar surface area (TPSA) is 19.0 Å². The Balaban J connectivity index is 1.50. The van der Waals surface area contributed by atoms with Crippen molar-refractivity contribution in [1.29, 1.82) is 0 Å². The van der Waals surface area contributed by atoms with Gasteiger partial charge in [-0.05, 0) is 65.8 Å². The van der Waals surface area contributed by atoms with Gasteiger partial charge in [-0.2, -0.15) is 0 Å². The van der Waals surface area contributed by atoms with Crippen LogP contribution in [0.4, 0.5) is 0 Å². The minimum absolute atomic E-state index is 0.725. The molecule has 4 aliphatic rings. The van der Waals surface area contributed by atoms with E-state index in [1.807, 2.05) is 11.3 Å². The second-order valence-corrected chi connectivity index (χ2v) is 9.55. The zero-order chi connectivity index (χ0) is 17.3. The van der Waals surface area contributed by atoms with Crippen LogP contribution >= 0.6 is 11.3 Å². The van der Waals surface area contributed by atoms with Crippen molar-refractivity contribution in [2.24, 2.45) is 11.8 Å². The first-order valence-corrected chi connectivity index (χ1v) is 11.1. The quantitative estimate of drug-likeness (QED) is 0.623. The van der Waals surface area contributed by atoms with Gasteiger partial charge in [0.2, 0.25) is 0 Å². The average Bonchev–Trinajstić information content (AvgIpc) is 3.31. The van der Waals surface area contributed by atoms with Gasteiger partial charge in [-0.15, -0.1) is 11.3 Å². The van der Waals surface area contributed by atoms with Crippen LogP contribution in [0.2, 0.25) is 0 Å². The molecule has 0 amide bonds. The molecule has 3 aromatic rings. The average molecular weight is 363 g/mol. The third-order valence-electron chi connectivity index (χ3n) is 7.32. The summed E-state index contributed by atoms with van der Waals surface area (Å²) < 4.78 is 0. The first-order valence-electron chi connectivity index (χ1n) is 10.2. The summed E-state index contributed by atoms with van der Waals surface area (Å²) in [7, 11) is 0. The third-order valence-corrected chi connectivity index (χ3v) is 8.24. The molecule has 5 unspecified atom stereocenters. The van der Waals surface area contributed by atoms with Gasteiger partial charge in [0.15, 0.2) is 0 Å². The lowest BCUT2D eigenvalue weighted by molar-refractivity contribution is -0.0134. The first kappa shape index (κ1) is 15.5. The fourth-order valence-corrected chi connectivity index (χ4v) is 7.01. The number of aromatic nitrogens is 1. The lowest BCUT2D eigenvalue weighted by Crippen LogP contribution is -2.56. The van der Waals surface area contributed by atoms with E-state index < -0.39 is 0 Å². The Hall–Kier alpha value is -1.58. The van der Waals surface area contributed by atoms with Crippen molar-refractivity contribution < 1.29 is 0 Å². The predicted molar refractivity (Wildman–Crippen MR) is 110 cm³/mol. The van der Waals surface area contributed by atoms with E-state index in [4.69, 9.17) is 0 Å². The van der Waals surface area contributed by atoms with E-state index >= 15 is 0 Å². The second-order valence-electron chi connectivity index (χ2n) is 8.60. The van der Waals surface area contributed by atoms with E-state index in [1.54, 1.807) is 11.3 Å². The van der Waals surface area contributed by atoms with Crippen LogP contribution in [0.25, 0.3) is 21.3 Å². The van der Waals surface area contributed by atoms with Gasteiger partial charge in [-0.3, -0.25) is 4.90 Å². The van der Waals surface area contributed by atoms with Crippen molar-refractivity contribution in [1.82, 2.24) is 9.88 Å². The maximum absolute atomic E-state index is 3.89. The van der Waals surface area contributed by atoms with Crippen LogP contribution in [-0.2, 0) is 6.42 Å². The van der Waals surface area contributed by atoms with Crippen molar-refractivity contribution >= 4 is 22.2 Å². The molecule has 3 aliphatic heterocycles. The van der Waals surface area contributed by atoms with Crippen LogP contribution in [-0.4, -0.2) is 29.0 Å². The Morgan fingerprint density at radius 3 is 3.04 bits per heavy atom. The molecular weight excluding hydrogens is 336 g/mol. The number of hydrogen-bond acceptors (Lipinski definition) is 2. The highest BCUT2D eigenvalue weighted by atomic mass is 32.1. The second kappa shape index (κ2) is 5.71. The maximum atomic E-state index is 3.89. The number of nitrogens with zero attached hydrogens (tertiary/aromatic N) is 1. The largest absolute Gasteiger partial charge is 0.358 e. The molecule has 4 bridgehead atoms. The van der Waals surface area contributed by atoms with E-state index in [0.29, 0.717) is 0 Å². The highest BCUT2D eigenvalue weighted by molar-refractivity contribution is 7.13. The highest BCUT2D eigenvalue weighted by Crippen LogP contribution is 2.51. The summed E-state index contributed by atoms with van der Waals surface area (Å²) >= 11 is 1.84. The SMILES string of the molecule is CCC1CC2CC3c4[nH]c5ccc(-c6cccs6)cc5c4CCN(C2)C13. The molecule has 5 heterocycles. The predicted octanol–water partition coefficient (Wildman–Crippen LogP) is 5.66. The molecule has 2 aromatic heterocycles. The number of hydrogen-bond donors (Lipinski definition) is 1. The number of nitrogens with one attached hydrogen (secondary N) is 1. The van der Waals surface area contributed by atoms with Crippen molar-refractivity contribution in [3.63, 3.8) is 0 Å². The molecule has 3 fully saturated rings. The lowest BCUT2D eigenvalue weighted by Gasteiger charge is -2.53. The van der Waals surface area contributed by atoms with Gasteiger partial charge < -0.3 is 4.98 Å². The van der Waals surface area contributed by atoms with Crippen molar-refractivity contribution in [3.8, 4) is 10.4 Å². The number of benzene rings is 1. The Morgan fingerprint density at radius 2 is 2.19 bits per heavy atom. The van der Waals surface area contributed by atoms with E-state index in [2.05, 4.69) is 52.5 Å². The molecule has 2 saturated heterocycles. The van der Waals surface area contributed by atoms with Crippen molar-refractivity contribution in [3.05, 3.63) is 47.0 Å². The molecule has 7 rings (SSSR count). The molecular formula is C23H26N2S. The van der Waals surface area contributed by atoms with Crippen LogP contribution in [0.15, 0.2) is 35.7 Å². The first-order chi connectivity index (χ1) is 12.8. The normalized spacial score (nSPS) is 32.6. The van der Waals surface area contributed by atoms with E-state index in [0.717, 1.165) is 23.8 Å². The fraction of sp³-hybridized carbons (Fsp3) is 0.478. The zero-order valence-corrected chi connectivity index (χ0v) is 16.2. The molecule has 1 saturated carbocycles. The van der Waals surface area contributed by atoms with Crippen LogP contribution in [0, 0.1) is 11.8 Å². The van der Waals surface area contributed by atoms with E-state index in [9.17, 15) is 0 Å². The van der Waals surface area contributed by atoms with E-state index in [-0.39, 0.29) is 0 Å². The molecule has 134 valence electrons. The highest BCUT2D eigenvalue weighted by Gasteiger charge is 2.48. The van der Waals surface area contributed by atoms with E-state index in [1.165, 1.54) is 60.1 Å². The summed E-state index contributed by atoms with van der Waals surface area (Å²) in [6, 6.07) is 12.2. The summed E-state index contributed by atoms with van der Waals surface area (Å²) in [4.78, 5) is 8.11. The summed E-state index contributed by atoms with van der Waals surface area (Å²) in [5, 5.41) is 3.65. The van der Waals surface area contributed by atoms with Crippen LogP contribution < -0.4 is 0 Å². The van der Waals surface area contributed by atoms with Crippen molar-refractivity contribution in [2.45, 2.75) is 44.6 Å². The molecule has 3 heteroatoms. The Morgan fingerprint density at radius 1 is 1.23 bits per heavy atom. The molecule has 5 atom stereocenters. The van der Waals surface area contributed by atoms with Crippen LogP contribution in [0.3, 0.4) is 0 Å². The zero-order valence-electron chi connectivity index (χ0n) is 15.4. The number of H-pyrrole nitrogens is 1. The molecule has 0 spiro atoms. The summed E-state index contributed by atoms with van der Waals surface area (Å²) in [6.45, 7) is 5.00. The molecule has 1 aliphatic carbocycles. The molecule has 26 heavy (non-hydrogen) atoms. The number of fused-ring (bicyclic) bond motifs is 4. The Labute approximate surface area is 159 Å². The third kappa shape index (κ3) is 2.13. The molecule has 1 N–H and O–H groups in total. The fourth-order valence-electron chi connectivity index (χ4n) is 6.29. The van der Waals surface area contributed by atoms with Crippen LogP contribution in [0.1, 0.15) is 43.4 Å².